The molecule has 0 unspecified atom stereocenters. The number of rotatable bonds is 1. The highest BCUT2D eigenvalue weighted by atomic mass is 16.6. The predicted molar refractivity (Wildman–Crippen MR) is 90.7 cm³/mol. The van der Waals surface area contributed by atoms with Crippen molar-refractivity contribution in [1.29, 1.82) is 5.26 Å². The molecule has 2 heterocycles. The van der Waals surface area contributed by atoms with Gasteiger partial charge in [-0.2, -0.15) is 5.26 Å². The molecule has 136 valence electrons. The van der Waals surface area contributed by atoms with Gasteiger partial charge in [-0.3, -0.25) is 10.1 Å². The molecule has 1 spiro atoms. The Hall–Kier alpha value is -2.30. The van der Waals surface area contributed by atoms with Gasteiger partial charge in [0.1, 0.15) is 0 Å². The number of guanidine groups is 1. The van der Waals surface area contributed by atoms with E-state index in [0.29, 0.717) is 38.7 Å². The van der Waals surface area contributed by atoms with E-state index in [1.165, 1.54) is 0 Å². The van der Waals surface area contributed by atoms with Crippen LogP contribution in [0.5, 0.6) is 0 Å². The Morgan fingerprint density at radius 3 is 2.60 bits per heavy atom. The van der Waals surface area contributed by atoms with Crippen LogP contribution < -0.4 is 5.32 Å². The van der Waals surface area contributed by atoms with E-state index >= 15 is 0 Å². The van der Waals surface area contributed by atoms with E-state index in [1.54, 1.807) is 11.8 Å². The van der Waals surface area contributed by atoms with Crippen molar-refractivity contribution in [1.82, 2.24) is 15.1 Å². The van der Waals surface area contributed by atoms with Crippen molar-refractivity contribution in [3.63, 3.8) is 0 Å². The first-order valence-electron chi connectivity index (χ1n) is 9.06. The largest absolute Gasteiger partial charge is 0.450 e. The van der Waals surface area contributed by atoms with Gasteiger partial charge < -0.3 is 14.5 Å². The lowest BCUT2D eigenvalue weighted by Crippen LogP contribution is -2.61. The second kappa shape index (κ2) is 7.30. The number of carbonyl (C=O) groups is 2. The molecule has 2 amide bonds. The molecule has 25 heavy (non-hydrogen) atoms. The fourth-order valence-corrected chi connectivity index (χ4v) is 3.94. The number of carbonyl (C=O) groups excluding carboxylic acids is 2. The highest BCUT2D eigenvalue weighted by Crippen LogP contribution is 2.39. The summed E-state index contributed by atoms with van der Waals surface area (Å²) in [5, 5.41) is 12.3. The Labute approximate surface area is 147 Å². The topological polar surface area (TPSA) is 98.0 Å². The van der Waals surface area contributed by atoms with Crippen molar-refractivity contribution in [3.05, 3.63) is 0 Å². The first-order valence-corrected chi connectivity index (χ1v) is 9.06. The number of nitrogens with one attached hydrogen (secondary N) is 1. The van der Waals surface area contributed by atoms with Gasteiger partial charge in [-0.15, -0.1) is 0 Å². The standard InChI is InChI=1S/C17H25N5O3/c1-2-25-16(24)22-10-8-21(9-11-22)15-19-14(23)13(12-18)17(20-15)6-4-3-5-7-17/h13H,2-11H2,1H3,(H,19,20,23)/t13-/m1/s1. The minimum absolute atomic E-state index is 0.248. The number of nitrogens with zero attached hydrogens (tertiary/aromatic N) is 4. The first-order chi connectivity index (χ1) is 12.1. The summed E-state index contributed by atoms with van der Waals surface area (Å²) in [6, 6.07) is 2.17. The normalized spacial score (nSPS) is 25.8. The van der Waals surface area contributed by atoms with Gasteiger partial charge in [-0.05, 0) is 19.8 Å². The molecule has 1 saturated heterocycles. The van der Waals surface area contributed by atoms with E-state index in [1.807, 2.05) is 4.90 Å². The first kappa shape index (κ1) is 17.5. The monoisotopic (exact) mass is 347 g/mol. The van der Waals surface area contributed by atoms with Crippen molar-refractivity contribution in [2.24, 2.45) is 10.9 Å². The molecule has 8 heteroatoms. The zero-order chi connectivity index (χ0) is 17.9. The zero-order valence-electron chi connectivity index (χ0n) is 14.7. The van der Waals surface area contributed by atoms with Crippen LogP contribution in [-0.4, -0.2) is 66.1 Å². The number of hydrogen-bond acceptors (Lipinski definition) is 6. The van der Waals surface area contributed by atoms with Gasteiger partial charge in [0.25, 0.3) is 0 Å². The van der Waals surface area contributed by atoms with E-state index in [-0.39, 0.29) is 12.0 Å². The van der Waals surface area contributed by atoms with Gasteiger partial charge >= 0.3 is 6.09 Å². The molecule has 0 bridgehead atoms. The number of piperazine rings is 1. The molecule has 2 aliphatic heterocycles. The zero-order valence-corrected chi connectivity index (χ0v) is 14.7. The molecule has 3 aliphatic rings. The molecule has 2 fully saturated rings. The van der Waals surface area contributed by atoms with Gasteiger partial charge in [0, 0.05) is 26.2 Å². The van der Waals surface area contributed by atoms with Crippen LogP contribution in [0, 0.1) is 17.2 Å². The highest BCUT2D eigenvalue weighted by molar-refractivity contribution is 6.02. The maximum Gasteiger partial charge on any atom is 0.409 e. The minimum Gasteiger partial charge on any atom is -0.450 e. The molecule has 1 atom stereocenters. The highest BCUT2D eigenvalue weighted by Gasteiger charge is 2.48. The quantitative estimate of drug-likeness (QED) is 0.765. The molecule has 0 radical (unpaired) electrons. The van der Waals surface area contributed by atoms with Crippen molar-refractivity contribution < 1.29 is 14.3 Å². The Morgan fingerprint density at radius 1 is 1.32 bits per heavy atom. The molecule has 1 saturated carbocycles. The Bertz CT molecular complexity index is 598. The fourth-order valence-electron chi connectivity index (χ4n) is 3.94. The van der Waals surface area contributed by atoms with E-state index in [0.717, 1.165) is 32.1 Å². The molecule has 8 nitrogen and oxygen atoms in total. The van der Waals surface area contributed by atoms with Gasteiger partial charge in [0.05, 0.1) is 18.2 Å². The lowest BCUT2D eigenvalue weighted by Gasteiger charge is -2.43. The summed E-state index contributed by atoms with van der Waals surface area (Å²) in [6.07, 6.45) is 4.39. The summed E-state index contributed by atoms with van der Waals surface area (Å²) in [6.45, 7) is 4.39. The van der Waals surface area contributed by atoms with Gasteiger partial charge in [0.15, 0.2) is 5.92 Å². The summed E-state index contributed by atoms with van der Waals surface area (Å²) in [5.41, 5.74) is -0.580. The van der Waals surface area contributed by atoms with Crippen LogP contribution in [0.15, 0.2) is 4.99 Å². The number of nitriles is 1. The molecule has 1 aliphatic carbocycles. The fraction of sp³-hybridized carbons (Fsp3) is 0.765. The second-order valence-electron chi connectivity index (χ2n) is 6.82. The number of ether oxygens (including phenoxy) is 1. The lowest BCUT2D eigenvalue weighted by molar-refractivity contribution is -0.125. The van der Waals surface area contributed by atoms with Crippen molar-refractivity contribution in [2.75, 3.05) is 32.8 Å². The van der Waals surface area contributed by atoms with Crippen LogP contribution in [0.3, 0.4) is 0 Å². The Morgan fingerprint density at radius 2 is 2.00 bits per heavy atom. The summed E-state index contributed by atoms with van der Waals surface area (Å²) in [7, 11) is 0. The van der Waals surface area contributed by atoms with Gasteiger partial charge in [-0.1, -0.05) is 19.3 Å². The van der Waals surface area contributed by atoms with Crippen LogP contribution in [0.1, 0.15) is 39.0 Å². The van der Waals surface area contributed by atoms with Crippen LogP contribution in [0.25, 0.3) is 0 Å². The predicted octanol–water partition coefficient (Wildman–Crippen LogP) is 1.09. The molecular formula is C17H25N5O3. The maximum atomic E-state index is 12.5. The van der Waals surface area contributed by atoms with E-state index < -0.39 is 11.5 Å². The number of amides is 2. The van der Waals surface area contributed by atoms with E-state index in [9.17, 15) is 14.9 Å². The molecule has 3 rings (SSSR count). The third kappa shape index (κ3) is 3.41. The average molecular weight is 347 g/mol. The molecule has 1 N–H and O–H groups in total. The summed E-state index contributed by atoms with van der Waals surface area (Å²) in [5.74, 6) is -0.401. The Balaban J connectivity index is 1.73. The van der Waals surface area contributed by atoms with Gasteiger partial charge in [-0.25, -0.2) is 9.79 Å². The van der Waals surface area contributed by atoms with Crippen LogP contribution in [0.4, 0.5) is 4.79 Å². The average Bonchev–Trinajstić information content (AvgIpc) is 2.62. The lowest BCUT2D eigenvalue weighted by atomic mass is 9.72. The number of hydrogen-bond donors (Lipinski definition) is 1. The van der Waals surface area contributed by atoms with Crippen molar-refractivity contribution >= 4 is 18.0 Å². The van der Waals surface area contributed by atoms with Crippen LogP contribution >= 0.6 is 0 Å². The van der Waals surface area contributed by atoms with Gasteiger partial charge in [0.2, 0.25) is 11.9 Å². The maximum absolute atomic E-state index is 12.5. The smallest absolute Gasteiger partial charge is 0.409 e. The van der Waals surface area contributed by atoms with Crippen LogP contribution in [0.2, 0.25) is 0 Å². The van der Waals surface area contributed by atoms with Crippen LogP contribution in [-0.2, 0) is 9.53 Å². The Kier molecular flexibility index (Phi) is 5.11. The third-order valence-corrected chi connectivity index (χ3v) is 5.32. The summed E-state index contributed by atoms with van der Waals surface area (Å²) < 4.78 is 5.03. The summed E-state index contributed by atoms with van der Waals surface area (Å²) in [4.78, 5) is 32.8. The molecular weight excluding hydrogens is 322 g/mol. The minimum atomic E-state index is -0.711. The molecule has 0 aromatic rings. The van der Waals surface area contributed by atoms with E-state index in [4.69, 9.17) is 9.73 Å². The number of aliphatic imine (C=N–C) groups is 1. The molecule has 0 aromatic heterocycles. The summed E-state index contributed by atoms with van der Waals surface area (Å²) >= 11 is 0. The molecule has 0 aromatic carbocycles. The second-order valence-corrected chi connectivity index (χ2v) is 6.82. The van der Waals surface area contributed by atoms with E-state index in [2.05, 4.69) is 11.4 Å². The van der Waals surface area contributed by atoms with Crippen molar-refractivity contribution in [2.45, 2.75) is 44.6 Å². The van der Waals surface area contributed by atoms with Crippen molar-refractivity contribution in [3.8, 4) is 6.07 Å². The third-order valence-electron chi connectivity index (χ3n) is 5.32. The SMILES string of the molecule is CCOC(=O)N1CCN(C2=NC3(CCCCC3)[C@H](C#N)C(=O)N2)CC1.